The van der Waals surface area contributed by atoms with Crippen molar-refractivity contribution < 1.29 is 14.5 Å². The van der Waals surface area contributed by atoms with Gasteiger partial charge in [-0.3, -0.25) is 19.7 Å². The summed E-state index contributed by atoms with van der Waals surface area (Å²) in [6.45, 7) is 3.96. The molecule has 0 saturated carbocycles. The first kappa shape index (κ1) is 19.0. The quantitative estimate of drug-likeness (QED) is 0.428. The second-order valence-electron chi connectivity index (χ2n) is 5.40. The topological polar surface area (TPSA) is 101 Å². The van der Waals surface area contributed by atoms with Crippen LogP contribution in [0.25, 0.3) is 0 Å². The first-order chi connectivity index (χ1) is 10.8. The Morgan fingerprint density at radius 1 is 1.26 bits per heavy atom. The zero-order valence-electron chi connectivity index (χ0n) is 13.4. The number of benzene rings is 1. The van der Waals surface area contributed by atoms with Gasteiger partial charge in [-0.05, 0) is 24.5 Å². The van der Waals surface area contributed by atoms with Crippen molar-refractivity contribution in [1.82, 2.24) is 10.6 Å². The molecule has 7 nitrogen and oxygen atoms in total. The summed E-state index contributed by atoms with van der Waals surface area (Å²) in [4.78, 5) is 34.6. The van der Waals surface area contributed by atoms with Gasteiger partial charge in [0.25, 0.3) is 5.69 Å². The second-order valence-corrected chi connectivity index (χ2v) is 6.45. The number of carbonyl (C=O) groups is 2. The van der Waals surface area contributed by atoms with Gasteiger partial charge >= 0.3 is 0 Å². The van der Waals surface area contributed by atoms with Gasteiger partial charge in [0.05, 0.1) is 10.7 Å². The maximum atomic E-state index is 12.0. The molecule has 8 heteroatoms. The van der Waals surface area contributed by atoms with Gasteiger partial charge in [-0.2, -0.15) is 0 Å². The van der Waals surface area contributed by atoms with Crippen molar-refractivity contribution in [1.29, 1.82) is 0 Å². The normalized spacial score (nSPS) is 11.8. The van der Waals surface area contributed by atoms with E-state index in [-0.39, 0.29) is 29.2 Å². The molecule has 0 heterocycles. The number of thioether (sulfide) groups is 1. The number of rotatable bonds is 8. The van der Waals surface area contributed by atoms with Crippen LogP contribution >= 0.6 is 11.8 Å². The fourth-order valence-electron chi connectivity index (χ4n) is 1.93. The lowest BCUT2D eigenvalue weighted by atomic mass is 10.0. The number of carbonyl (C=O) groups excluding carboxylic acids is 2. The van der Waals surface area contributed by atoms with Crippen LogP contribution in [0.1, 0.15) is 20.3 Å². The van der Waals surface area contributed by atoms with Crippen LogP contribution in [-0.2, 0) is 9.59 Å². The van der Waals surface area contributed by atoms with Gasteiger partial charge in [0, 0.05) is 24.1 Å². The molecule has 0 aliphatic carbocycles. The summed E-state index contributed by atoms with van der Waals surface area (Å²) in [7, 11) is 1.54. The number of nitrogens with one attached hydrogen (secondary N) is 2. The van der Waals surface area contributed by atoms with Crippen molar-refractivity contribution in [2.75, 3.05) is 12.8 Å². The Morgan fingerprint density at radius 2 is 1.87 bits per heavy atom. The maximum absolute atomic E-state index is 12.0. The predicted molar refractivity (Wildman–Crippen MR) is 89.3 cm³/mol. The van der Waals surface area contributed by atoms with Crippen LogP contribution in [0.3, 0.4) is 0 Å². The van der Waals surface area contributed by atoms with E-state index in [1.54, 1.807) is 12.1 Å². The van der Waals surface area contributed by atoms with Gasteiger partial charge < -0.3 is 10.6 Å². The Balaban J connectivity index is 2.54. The molecule has 0 aromatic heterocycles. The molecule has 1 aromatic rings. The Kier molecular flexibility index (Phi) is 7.53. The van der Waals surface area contributed by atoms with Crippen molar-refractivity contribution in [3.05, 3.63) is 34.4 Å². The molecule has 0 radical (unpaired) electrons. The third-order valence-corrected chi connectivity index (χ3v) is 4.03. The van der Waals surface area contributed by atoms with E-state index in [0.717, 1.165) is 4.90 Å². The summed E-state index contributed by atoms with van der Waals surface area (Å²) in [5, 5.41) is 15.8. The highest BCUT2D eigenvalue weighted by Gasteiger charge is 2.20. The highest BCUT2D eigenvalue weighted by atomic mass is 32.2. The minimum atomic E-state index is -0.551. The van der Waals surface area contributed by atoms with Gasteiger partial charge in [0.1, 0.15) is 6.04 Å². The molecule has 0 saturated heterocycles. The summed E-state index contributed by atoms with van der Waals surface area (Å²) < 4.78 is 0. The van der Waals surface area contributed by atoms with Crippen molar-refractivity contribution in [2.24, 2.45) is 5.92 Å². The lowest BCUT2D eigenvalue weighted by Gasteiger charge is -2.19. The Labute approximate surface area is 139 Å². The molecule has 0 bridgehead atoms. The lowest BCUT2D eigenvalue weighted by Crippen LogP contribution is -2.47. The monoisotopic (exact) mass is 339 g/mol. The SMILES string of the molecule is CNC(=O)C(CC(C)C)NC(=O)CSc1ccc([N+](=O)[O-])cc1. The average molecular weight is 339 g/mol. The number of nitrogens with zero attached hydrogens (tertiary/aromatic N) is 1. The van der Waals surface area contributed by atoms with Crippen molar-refractivity contribution >= 4 is 29.3 Å². The molecule has 2 amide bonds. The van der Waals surface area contributed by atoms with Crippen molar-refractivity contribution in [2.45, 2.75) is 31.2 Å². The molecule has 0 aliphatic heterocycles. The van der Waals surface area contributed by atoms with E-state index in [4.69, 9.17) is 0 Å². The van der Waals surface area contributed by atoms with Crippen LogP contribution in [0.15, 0.2) is 29.2 Å². The molecule has 126 valence electrons. The number of hydrogen-bond donors (Lipinski definition) is 2. The van der Waals surface area contributed by atoms with Crippen LogP contribution in [0.4, 0.5) is 5.69 Å². The Morgan fingerprint density at radius 3 is 2.35 bits per heavy atom. The van der Waals surface area contributed by atoms with Gasteiger partial charge in [0.15, 0.2) is 0 Å². The van der Waals surface area contributed by atoms with E-state index < -0.39 is 11.0 Å². The standard InChI is InChI=1S/C15H21N3O4S/c1-10(2)8-13(15(20)16-3)17-14(19)9-23-12-6-4-11(5-7-12)18(21)22/h4-7,10,13H,8-9H2,1-3H3,(H,16,20)(H,17,19). The molecular weight excluding hydrogens is 318 g/mol. The zero-order valence-corrected chi connectivity index (χ0v) is 14.2. The summed E-state index contributed by atoms with van der Waals surface area (Å²) >= 11 is 1.26. The van der Waals surface area contributed by atoms with Crippen LogP contribution in [-0.4, -0.2) is 35.6 Å². The van der Waals surface area contributed by atoms with Crippen molar-refractivity contribution in [3.8, 4) is 0 Å². The highest BCUT2D eigenvalue weighted by Crippen LogP contribution is 2.21. The van der Waals surface area contributed by atoms with Gasteiger partial charge in [-0.25, -0.2) is 0 Å². The molecular formula is C15H21N3O4S. The highest BCUT2D eigenvalue weighted by molar-refractivity contribution is 8.00. The molecule has 23 heavy (non-hydrogen) atoms. The van der Waals surface area contributed by atoms with Crippen molar-refractivity contribution in [3.63, 3.8) is 0 Å². The third-order valence-electron chi connectivity index (χ3n) is 3.02. The average Bonchev–Trinajstić information content (AvgIpc) is 2.51. The van der Waals surface area contributed by atoms with E-state index in [9.17, 15) is 19.7 Å². The van der Waals surface area contributed by atoms with Crippen LogP contribution in [0.2, 0.25) is 0 Å². The van der Waals surface area contributed by atoms with E-state index in [2.05, 4.69) is 10.6 Å². The van der Waals surface area contributed by atoms with Gasteiger partial charge in [0.2, 0.25) is 11.8 Å². The molecule has 0 spiro atoms. The molecule has 0 aliphatic rings. The number of amides is 2. The minimum Gasteiger partial charge on any atom is -0.357 e. The first-order valence-electron chi connectivity index (χ1n) is 7.21. The number of nitro benzene ring substituents is 1. The van der Waals surface area contributed by atoms with Gasteiger partial charge in [-0.1, -0.05) is 13.8 Å². The number of nitro groups is 1. The smallest absolute Gasteiger partial charge is 0.269 e. The predicted octanol–water partition coefficient (Wildman–Crippen LogP) is 1.96. The van der Waals surface area contributed by atoms with Crippen LogP contribution in [0, 0.1) is 16.0 Å². The lowest BCUT2D eigenvalue weighted by molar-refractivity contribution is -0.384. The maximum Gasteiger partial charge on any atom is 0.269 e. The second kappa shape index (κ2) is 9.14. The fourth-order valence-corrected chi connectivity index (χ4v) is 2.64. The van der Waals surface area contributed by atoms with E-state index in [1.807, 2.05) is 13.8 Å². The van der Waals surface area contributed by atoms with Gasteiger partial charge in [-0.15, -0.1) is 11.8 Å². The molecule has 1 unspecified atom stereocenters. The third kappa shape index (κ3) is 6.68. The zero-order chi connectivity index (χ0) is 17.4. The van der Waals surface area contributed by atoms with Crippen LogP contribution in [0.5, 0.6) is 0 Å². The van der Waals surface area contributed by atoms with E-state index in [1.165, 1.54) is 30.9 Å². The molecule has 1 rings (SSSR count). The summed E-state index contributed by atoms with van der Waals surface area (Å²) in [5.74, 6) is -0.0430. The molecule has 2 N–H and O–H groups in total. The number of hydrogen-bond acceptors (Lipinski definition) is 5. The fraction of sp³-hybridized carbons (Fsp3) is 0.467. The molecule has 0 fully saturated rings. The van der Waals surface area contributed by atoms with E-state index in [0.29, 0.717) is 6.42 Å². The van der Waals surface area contributed by atoms with Crippen LogP contribution < -0.4 is 10.6 Å². The Hall–Kier alpha value is -2.09. The first-order valence-corrected chi connectivity index (χ1v) is 8.20. The number of likely N-dealkylation sites (N-methyl/N-ethyl adjacent to an activating group) is 1. The Bertz CT molecular complexity index is 560. The number of non-ortho nitro benzene ring substituents is 1. The summed E-state index contributed by atoms with van der Waals surface area (Å²) in [6, 6.07) is 5.43. The summed E-state index contributed by atoms with van der Waals surface area (Å²) in [6.07, 6.45) is 0.563. The van der Waals surface area contributed by atoms with E-state index >= 15 is 0 Å². The molecule has 1 atom stereocenters. The molecule has 1 aromatic carbocycles. The summed E-state index contributed by atoms with van der Waals surface area (Å²) in [5.41, 5.74) is 0.00964. The minimum absolute atomic E-state index is 0.00964. The largest absolute Gasteiger partial charge is 0.357 e.